The number of primary amides is 1. The van der Waals surface area contributed by atoms with Crippen LogP contribution in [0.5, 0.6) is 0 Å². The monoisotopic (exact) mass is 414 g/mol. The van der Waals surface area contributed by atoms with Crippen molar-refractivity contribution in [2.75, 3.05) is 6.61 Å². The fraction of sp³-hybridized carbons (Fsp3) is 0.286. The number of hydrogen-bond donors (Lipinski definition) is 3. The summed E-state index contributed by atoms with van der Waals surface area (Å²) in [6, 6.07) is 11.5. The highest BCUT2D eigenvalue weighted by molar-refractivity contribution is 6.02. The molecule has 0 fully saturated rings. The van der Waals surface area contributed by atoms with Crippen LogP contribution in [-0.2, 0) is 35.1 Å². The third kappa shape index (κ3) is 6.13. The Morgan fingerprint density at radius 1 is 1.07 bits per heavy atom. The van der Waals surface area contributed by atoms with Crippen LogP contribution in [0.15, 0.2) is 42.5 Å². The second-order valence-electron chi connectivity index (χ2n) is 6.73. The number of hydrogen-bond acceptors (Lipinski definition) is 6. The maximum absolute atomic E-state index is 12.3. The number of carbonyl (C=O) groups is 5. The van der Waals surface area contributed by atoms with Gasteiger partial charge in [-0.2, -0.15) is 0 Å². The van der Waals surface area contributed by atoms with E-state index >= 15 is 0 Å². The van der Waals surface area contributed by atoms with E-state index < -0.39 is 54.5 Å². The number of aliphatic carboxylic acids is 1. The molecule has 30 heavy (non-hydrogen) atoms. The molecule has 2 amide bonds. The maximum Gasteiger partial charge on any atom is 0.310 e. The normalized spacial score (nSPS) is 12.6. The Morgan fingerprint density at radius 2 is 1.73 bits per heavy atom. The molecule has 9 heteroatoms. The van der Waals surface area contributed by atoms with Crippen molar-refractivity contribution in [2.45, 2.75) is 25.8 Å². The number of ketones is 1. The standard InChI is InChI=1S/C21H22N2O7/c1-12(20(22)28)21(29)23-16(10-18(25)26)17(24)11-30-19(27)9-14-7-4-6-13-5-2-3-8-15(13)14/h2-8,12,16H,9-11H2,1H3,(H2,22,28)(H,23,29)(H,25,26). The van der Waals surface area contributed by atoms with Crippen molar-refractivity contribution in [3.8, 4) is 0 Å². The van der Waals surface area contributed by atoms with Gasteiger partial charge < -0.3 is 20.9 Å². The van der Waals surface area contributed by atoms with Gasteiger partial charge in [0.1, 0.15) is 12.0 Å². The number of amides is 2. The summed E-state index contributed by atoms with van der Waals surface area (Å²) in [6.07, 6.45) is -0.805. The number of fused-ring (bicyclic) bond motifs is 1. The first-order chi connectivity index (χ1) is 14.2. The Bertz CT molecular complexity index is 981. The van der Waals surface area contributed by atoms with Gasteiger partial charge in [-0.25, -0.2) is 0 Å². The molecule has 158 valence electrons. The summed E-state index contributed by atoms with van der Waals surface area (Å²) in [5.74, 6) is -5.88. The van der Waals surface area contributed by atoms with E-state index in [1.54, 1.807) is 12.1 Å². The quantitative estimate of drug-likeness (QED) is 0.379. The van der Waals surface area contributed by atoms with Gasteiger partial charge in [-0.15, -0.1) is 0 Å². The SMILES string of the molecule is CC(C(N)=O)C(=O)NC(CC(=O)O)C(=O)COC(=O)Cc1cccc2ccccc12. The summed E-state index contributed by atoms with van der Waals surface area (Å²) >= 11 is 0. The van der Waals surface area contributed by atoms with Crippen LogP contribution in [0, 0.1) is 5.92 Å². The highest BCUT2D eigenvalue weighted by Gasteiger charge is 2.28. The third-order valence-electron chi connectivity index (χ3n) is 4.49. The van der Waals surface area contributed by atoms with E-state index in [1.807, 2.05) is 30.3 Å². The highest BCUT2D eigenvalue weighted by Crippen LogP contribution is 2.19. The second kappa shape index (κ2) is 10.1. The lowest BCUT2D eigenvalue weighted by molar-refractivity contribution is -0.148. The van der Waals surface area contributed by atoms with E-state index in [9.17, 15) is 24.0 Å². The van der Waals surface area contributed by atoms with Crippen molar-refractivity contribution in [2.24, 2.45) is 11.7 Å². The molecule has 0 aliphatic carbocycles. The van der Waals surface area contributed by atoms with Crippen molar-refractivity contribution < 1.29 is 33.8 Å². The van der Waals surface area contributed by atoms with Crippen molar-refractivity contribution in [3.05, 3.63) is 48.0 Å². The summed E-state index contributed by atoms with van der Waals surface area (Å²) in [5.41, 5.74) is 5.75. The lowest BCUT2D eigenvalue weighted by Gasteiger charge is -2.17. The van der Waals surface area contributed by atoms with Gasteiger partial charge in [-0.05, 0) is 23.3 Å². The summed E-state index contributed by atoms with van der Waals surface area (Å²) < 4.78 is 4.98. The molecule has 0 spiro atoms. The molecule has 0 bridgehead atoms. The molecule has 4 N–H and O–H groups in total. The lowest BCUT2D eigenvalue weighted by Crippen LogP contribution is -2.48. The first kappa shape index (κ1) is 22.5. The zero-order valence-corrected chi connectivity index (χ0v) is 16.3. The molecule has 2 atom stereocenters. The summed E-state index contributed by atoms with van der Waals surface area (Å²) in [7, 11) is 0. The molecule has 9 nitrogen and oxygen atoms in total. The minimum absolute atomic E-state index is 0.0801. The number of rotatable bonds is 10. The lowest BCUT2D eigenvalue weighted by atomic mass is 10.0. The number of nitrogens with two attached hydrogens (primary N) is 1. The zero-order chi connectivity index (χ0) is 22.3. The number of benzene rings is 2. The predicted molar refractivity (Wildman–Crippen MR) is 106 cm³/mol. The van der Waals surface area contributed by atoms with E-state index in [1.165, 1.54) is 6.92 Å². The molecular formula is C21H22N2O7. The average Bonchev–Trinajstić information content (AvgIpc) is 2.70. The van der Waals surface area contributed by atoms with Crippen LogP contribution in [0.3, 0.4) is 0 Å². The van der Waals surface area contributed by atoms with Gasteiger partial charge in [0.05, 0.1) is 12.8 Å². The van der Waals surface area contributed by atoms with Crippen LogP contribution < -0.4 is 11.1 Å². The first-order valence-corrected chi connectivity index (χ1v) is 9.15. The largest absolute Gasteiger partial charge is 0.481 e. The molecule has 0 aromatic heterocycles. The highest BCUT2D eigenvalue weighted by atomic mass is 16.5. The fourth-order valence-electron chi connectivity index (χ4n) is 2.75. The molecule has 0 aliphatic rings. The van der Waals surface area contributed by atoms with Crippen LogP contribution in [0.2, 0.25) is 0 Å². The molecule has 0 heterocycles. The van der Waals surface area contributed by atoms with Gasteiger partial charge in [-0.3, -0.25) is 24.0 Å². The smallest absolute Gasteiger partial charge is 0.310 e. The van der Waals surface area contributed by atoms with Gasteiger partial charge in [0.15, 0.2) is 12.4 Å². The van der Waals surface area contributed by atoms with Gasteiger partial charge in [0, 0.05) is 0 Å². The van der Waals surface area contributed by atoms with E-state index in [2.05, 4.69) is 5.32 Å². The first-order valence-electron chi connectivity index (χ1n) is 9.15. The number of nitrogens with one attached hydrogen (secondary N) is 1. The number of ether oxygens (including phenoxy) is 1. The van der Waals surface area contributed by atoms with Gasteiger partial charge >= 0.3 is 11.9 Å². The summed E-state index contributed by atoms with van der Waals surface area (Å²) in [4.78, 5) is 58.5. The molecule has 2 unspecified atom stereocenters. The minimum atomic E-state index is -1.46. The number of carboxylic acids is 1. The molecular weight excluding hydrogens is 392 g/mol. The Labute approximate surface area is 172 Å². The van der Waals surface area contributed by atoms with Crippen LogP contribution in [0.4, 0.5) is 0 Å². The maximum atomic E-state index is 12.3. The number of Topliss-reactive ketones (excluding diaryl/α,β-unsaturated/α-hetero) is 1. The molecule has 2 rings (SSSR count). The molecule has 0 radical (unpaired) electrons. The zero-order valence-electron chi connectivity index (χ0n) is 16.3. The van der Waals surface area contributed by atoms with Gasteiger partial charge in [-0.1, -0.05) is 42.5 Å². The Kier molecular flexibility index (Phi) is 7.62. The predicted octanol–water partition coefficient (Wildman–Crippen LogP) is 0.576. The minimum Gasteiger partial charge on any atom is -0.481 e. The fourth-order valence-corrected chi connectivity index (χ4v) is 2.75. The van der Waals surface area contributed by atoms with Crippen molar-refractivity contribution >= 4 is 40.3 Å². The third-order valence-corrected chi connectivity index (χ3v) is 4.49. The van der Waals surface area contributed by atoms with Crippen LogP contribution >= 0.6 is 0 Å². The molecule has 2 aromatic rings. The average molecular weight is 414 g/mol. The number of carbonyl (C=O) groups excluding carboxylic acids is 4. The van der Waals surface area contributed by atoms with Crippen molar-refractivity contribution in [1.29, 1.82) is 0 Å². The van der Waals surface area contributed by atoms with Gasteiger partial charge in [0.2, 0.25) is 11.8 Å². The van der Waals surface area contributed by atoms with Crippen LogP contribution in [-0.4, -0.2) is 47.3 Å². The Balaban J connectivity index is 1.99. The number of carboxylic acid groups (broad SMARTS) is 1. The second-order valence-corrected chi connectivity index (χ2v) is 6.73. The van der Waals surface area contributed by atoms with E-state index in [0.717, 1.165) is 16.3 Å². The van der Waals surface area contributed by atoms with E-state index in [4.69, 9.17) is 15.6 Å². The molecule has 2 aromatic carbocycles. The molecule has 0 aliphatic heterocycles. The Hall–Kier alpha value is -3.75. The topological polar surface area (TPSA) is 153 Å². The summed E-state index contributed by atoms with van der Waals surface area (Å²) in [6.45, 7) is 0.511. The van der Waals surface area contributed by atoms with Gasteiger partial charge in [0.25, 0.3) is 0 Å². The van der Waals surface area contributed by atoms with E-state index in [-0.39, 0.29) is 6.42 Å². The number of esters is 1. The molecule has 0 saturated heterocycles. The summed E-state index contributed by atoms with van der Waals surface area (Å²) in [5, 5.41) is 13.0. The van der Waals surface area contributed by atoms with E-state index in [0.29, 0.717) is 0 Å². The Morgan fingerprint density at radius 3 is 2.40 bits per heavy atom. The van der Waals surface area contributed by atoms with Crippen molar-refractivity contribution in [1.82, 2.24) is 5.32 Å². The molecule has 0 saturated carbocycles. The van der Waals surface area contributed by atoms with Crippen LogP contribution in [0.1, 0.15) is 18.9 Å². The van der Waals surface area contributed by atoms with Crippen LogP contribution in [0.25, 0.3) is 10.8 Å². The van der Waals surface area contributed by atoms with Crippen molar-refractivity contribution in [3.63, 3.8) is 0 Å².